The summed E-state index contributed by atoms with van der Waals surface area (Å²) in [5.74, 6) is 0. The minimum absolute atomic E-state index is 0.119. The molecule has 0 saturated carbocycles. The van der Waals surface area contributed by atoms with Crippen molar-refractivity contribution in [3.63, 3.8) is 0 Å². The largest absolute Gasteiger partial charge is 0.392 e. The Balaban J connectivity index is 2.95. The fraction of sp³-hybridized carbons (Fsp3) is 0.538. The van der Waals surface area contributed by atoms with Crippen molar-refractivity contribution in [2.45, 2.75) is 39.8 Å². The van der Waals surface area contributed by atoms with Gasteiger partial charge in [0.1, 0.15) is 0 Å². The number of nitrogens with zero attached hydrogens (tertiary/aromatic N) is 1. The summed E-state index contributed by atoms with van der Waals surface area (Å²) >= 11 is 0. The van der Waals surface area contributed by atoms with Crippen LogP contribution in [0, 0.1) is 6.92 Å². The molecule has 0 saturated heterocycles. The first-order chi connectivity index (χ1) is 7.10. The van der Waals surface area contributed by atoms with Gasteiger partial charge in [-0.3, -0.25) is 0 Å². The van der Waals surface area contributed by atoms with Crippen LogP contribution in [0.4, 0.5) is 5.69 Å². The summed E-state index contributed by atoms with van der Waals surface area (Å²) in [5, 5.41) is 9.03. The van der Waals surface area contributed by atoms with E-state index in [1.165, 1.54) is 11.3 Å². The molecule has 1 aromatic rings. The molecule has 0 aliphatic rings. The minimum Gasteiger partial charge on any atom is -0.392 e. The first kappa shape index (κ1) is 12.1. The number of aliphatic hydroxyl groups excluding tert-OH is 1. The lowest BCUT2D eigenvalue weighted by molar-refractivity contribution is 0.282. The number of hydrogen-bond donors (Lipinski definition) is 1. The van der Waals surface area contributed by atoms with Gasteiger partial charge in [-0.15, -0.1) is 0 Å². The third-order valence-electron chi connectivity index (χ3n) is 3.08. The Hall–Kier alpha value is -1.02. The Kier molecular flexibility index (Phi) is 4.15. The number of aliphatic hydroxyl groups is 1. The molecule has 0 heterocycles. The Bertz CT molecular complexity index is 322. The number of anilines is 1. The van der Waals surface area contributed by atoms with E-state index < -0.39 is 0 Å². The molecule has 0 aliphatic heterocycles. The molecule has 0 radical (unpaired) electrons. The van der Waals surface area contributed by atoms with Crippen LogP contribution in [0.5, 0.6) is 0 Å². The van der Waals surface area contributed by atoms with Gasteiger partial charge in [-0.1, -0.05) is 19.1 Å². The molecule has 0 amide bonds. The van der Waals surface area contributed by atoms with Crippen LogP contribution in [0.3, 0.4) is 0 Å². The molecule has 15 heavy (non-hydrogen) atoms. The summed E-state index contributed by atoms with van der Waals surface area (Å²) in [5.41, 5.74) is 3.46. The monoisotopic (exact) mass is 207 g/mol. The van der Waals surface area contributed by atoms with Gasteiger partial charge >= 0.3 is 0 Å². The van der Waals surface area contributed by atoms with Crippen LogP contribution in [-0.2, 0) is 6.61 Å². The minimum atomic E-state index is 0.119. The van der Waals surface area contributed by atoms with E-state index in [1.54, 1.807) is 0 Å². The maximum absolute atomic E-state index is 9.03. The predicted molar refractivity (Wildman–Crippen MR) is 65.3 cm³/mol. The van der Waals surface area contributed by atoms with Crippen molar-refractivity contribution in [1.29, 1.82) is 0 Å². The lowest BCUT2D eigenvalue weighted by Crippen LogP contribution is -2.28. The summed E-state index contributed by atoms with van der Waals surface area (Å²) in [7, 11) is 2.12. The van der Waals surface area contributed by atoms with Crippen LogP contribution in [0.25, 0.3) is 0 Å². The van der Waals surface area contributed by atoms with Gasteiger partial charge in [0.15, 0.2) is 0 Å². The fourth-order valence-electron chi connectivity index (χ4n) is 1.72. The molecular weight excluding hydrogens is 186 g/mol. The topological polar surface area (TPSA) is 23.5 Å². The van der Waals surface area contributed by atoms with Crippen molar-refractivity contribution in [3.05, 3.63) is 29.3 Å². The molecule has 2 nitrogen and oxygen atoms in total. The number of rotatable bonds is 4. The average molecular weight is 207 g/mol. The zero-order chi connectivity index (χ0) is 11.4. The Morgan fingerprint density at radius 1 is 1.40 bits per heavy atom. The lowest BCUT2D eigenvalue weighted by Gasteiger charge is -2.27. The van der Waals surface area contributed by atoms with E-state index >= 15 is 0 Å². The third kappa shape index (κ3) is 2.72. The van der Waals surface area contributed by atoms with Crippen molar-refractivity contribution in [1.82, 2.24) is 0 Å². The molecule has 0 aliphatic carbocycles. The molecule has 1 rings (SSSR count). The Morgan fingerprint density at radius 3 is 2.53 bits per heavy atom. The molecule has 2 heteroatoms. The third-order valence-corrected chi connectivity index (χ3v) is 3.08. The van der Waals surface area contributed by atoms with Crippen LogP contribution in [0.2, 0.25) is 0 Å². The van der Waals surface area contributed by atoms with E-state index in [9.17, 15) is 0 Å². The molecule has 0 aromatic heterocycles. The van der Waals surface area contributed by atoms with E-state index in [1.807, 2.05) is 12.1 Å². The maximum Gasteiger partial charge on any atom is 0.0681 e. The van der Waals surface area contributed by atoms with Gasteiger partial charge in [-0.05, 0) is 37.5 Å². The highest BCUT2D eigenvalue weighted by Crippen LogP contribution is 2.22. The zero-order valence-electron chi connectivity index (χ0n) is 10.1. The number of aryl methyl sites for hydroxylation is 1. The van der Waals surface area contributed by atoms with Gasteiger partial charge in [-0.2, -0.15) is 0 Å². The van der Waals surface area contributed by atoms with E-state index in [0.29, 0.717) is 6.04 Å². The van der Waals surface area contributed by atoms with Gasteiger partial charge in [-0.25, -0.2) is 0 Å². The van der Waals surface area contributed by atoms with Crippen LogP contribution >= 0.6 is 0 Å². The van der Waals surface area contributed by atoms with Crippen molar-refractivity contribution >= 4 is 5.69 Å². The molecule has 1 N–H and O–H groups in total. The molecule has 1 atom stereocenters. The van der Waals surface area contributed by atoms with E-state index in [-0.39, 0.29) is 6.61 Å². The van der Waals surface area contributed by atoms with Crippen LogP contribution < -0.4 is 4.90 Å². The first-order valence-corrected chi connectivity index (χ1v) is 5.53. The van der Waals surface area contributed by atoms with Crippen molar-refractivity contribution in [2.75, 3.05) is 11.9 Å². The Labute approximate surface area is 92.5 Å². The number of benzene rings is 1. The van der Waals surface area contributed by atoms with Gasteiger partial charge in [0.2, 0.25) is 0 Å². The second kappa shape index (κ2) is 5.17. The molecule has 0 bridgehead atoms. The molecular formula is C13H21NO. The lowest BCUT2D eigenvalue weighted by atomic mass is 10.1. The van der Waals surface area contributed by atoms with Gasteiger partial charge in [0.25, 0.3) is 0 Å². The maximum atomic E-state index is 9.03. The summed E-state index contributed by atoms with van der Waals surface area (Å²) in [6.07, 6.45) is 1.14. The van der Waals surface area contributed by atoms with Gasteiger partial charge in [0, 0.05) is 18.8 Å². The summed E-state index contributed by atoms with van der Waals surface area (Å²) in [4.78, 5) is 2.29. The smallest absolute Gasteiger partial charge is 0.0681 e. The second-order valence-electron chi connectivity index (χ2n) is 4.15. The van der Waals surface area contributed by atoms with Gasteiger partial charge < -0.3 is 10.0 Å². The quantitative estimate of drug-likeness (QED) is 0.820. The number of hydrogen-bond acceptors (Lipinski definition) is 2. The van der Waals surface area contributed by atoms with Crippen molar-refractivity contribution < 1.29 is 5.11 Å². The predicted octanol–water partition coefficient (Wildman–Crippen LogP) is 2.72. The standard InChI is InChI=1S/C13H21NO/c1-5-11(3)14(4)13-7-6-12(9-15)8-10(13)2/h6-8,11,15H,5,9H2,1-4H3. The normalized spacial score (nSPS) is 12.6. The van der Waals surface area contributed by atoms with Gasteiger partial charge in [0.05, 0.1) is 6.61 Å². The Morgan fingerprint density at radius 2 is 2.07 bits per heavy atom. The highest BCUT2D eigenvalue weighted by molar-refractivity contribution is 5.54. The highest BCUT2D eigenvalue weighted by Gasteiger charge is 2.10. The zero-order valence-corrected chi connectivity index (χ0v) is 10.1. The summed E-state index contributed by atoms with van der Waals surface area (Å²) in [6.45, 7) is 6.62. The SMILES string of the molecule is CCC(C)N(C)c1ccc(CO)cc1C. The summed E-state index contributed by atoms with van der Waals surface area (Å²) < 4.78 is 0. The molecule has 1 aromatic carbocycles. The van der Waals surface area contributed by atoms with Crippen molar-refractivity contribution in [2.24, 2.45) is 0 Å². The van der Waals surface area contributed by atoms with E-state index in [0.717, 1.165) is 12.0 Å². The van der Waals surface area contributed by atoms with Crippen LogP contribution in [0.15, 0.2) is 18.2 Å². The molecule has 1 unspecified atom stereocenters. The molecule has 84 valence electrons. The van der Waals surface area contributed by atoms with Crippen LogP contribution in [-0.4, -0.2) is 18.2 Å². The van der Waals surface area contributed by atoms with Crippen molar-refractivity contribution in [3.8, 4) is 0 Å². The molecule has 0 fully saturated rings. The molecule has 0 spiro atoms. The average Bonchev–Trinajstić information content (AvgIpc) is 2.26. The first-order valence-electron chi connectivity index (χ1n) is 5.53. The van der Waals surface area contributed by atoms with E-state index in [4.69, 9.17) is 5.11 Å². The highest BCUT2D eigenvalue weighted by atomic mass is 16.3. The summed E-state index contributed by atoms with van der Waals surface area (Å²) in [6, 6.07) is 6.67. The van der Waals surface area contributed by atoms with Crippen LogP contribution in [0.1, 0.15) is 31.4 Å². The fourth-order valence-corrected chi connectivity index (χ4v) is 1.72. The second-order valence-corrected chi connectivity index (χ2v) is 4.15. The van der Waals surface area contributed by atoms with E-state index in [2.05, 4.69) is 38.8 Å².